The summed E-state index contributed by atoms with van der Waals surface area (Å²) in [6, 6.07) is 0.455. The Kier molecular flexibility index (Phi) is 5.58. The number of aliphatic imine (C=N–C) groups is 1. The van der Waals surface area contributed by atoms with E-state index in [9.17, 15) is 0 Å². The quantitative estimate of drug-likeness (QED) is 0.598. The van der Waals surface area contributed by atoms with Gasteiger partial charge >= 0.3 is 0 Å². The molecule has 0 aromatic rings. The average Bonchev–Trinajstić information content (AvgIpc) is 3.16. The number of ether oxygens (including phenoxy) is 1. The Morgan fingerprint density at radius 3 is 2.64 bits per heavy atom. The normalized spacial score (nSPS) is 33.4. The van der Waals surface area contributed by atoms with Gasteiger partial charge in [-0.3, -0.25) is 4.99 Å². The molecular formula is C17H32N4O. The Labute approximate surface area is 134 Å². The molecule has 0 aromatic heterocycles. The first-order valence-corrected chi connectivity index (χ1v) is 9.13. The van der Waals surface area contributed by atoms with Gasteiger partial charge in [0.25, 0.3) is 0 Å². The van der Waals surface area contributed by atoms with Gasteiger partial charge in [0.05, 0.1) is 18.2 Å². The van der Waals surface area contributed by atoms with E-state index in [4.69, 9.17) is 4.74 Å². The molecule has 3 atom stereocenters. The molecular weight excluding hydrogens is 276 g/mol. The molecule has 5 nitrogen and oxygen atoms in total. The lowest BCUT2D eigenvalue weighted by Gasteiger charge is -2.32. The summed E-state index contributed by atoms with van der Waals surface area (Å²) in [6.45, 7) is 7.08. The van der Waals surface area contributed by atoms with Crippen molar-refractivity contribution in [2.75, 3.05) is 33.2 Å². The maximum Gasteiger partial charge on any atom is 0.191 e. The monoisotopic (exact) mass is 308 g/mol. The van der Waals surface area contributed by atoms with Gasteiger partial charge < -0.3 is 20.3 Å². The molecule has 3 heterocycles. The number of nitrogens with zero attached hydrogens (tertiary/aromatic N) is 2. The number of hydrogen-bond acceptors (Lipinski definition) is 3. The molecule has 0 aliphatic carbocycles. The van der Waals surface area contributed by atoms with Crippen molar-refractivity contribution < 1.29 is 4.74 Å². The van der Waals surface area contributed by atoms with Gasteiger partial charge in [-0.05, 0) is 64.1 Å². The van der Waals surface area contributed by atoms with Crippen LogP contribution in [0.5, 0.6) is 0 Å². The predicted molar refractivity (Wildman–Crippen MR) is 90.3 cm³/mol. The SMILES string of the molecule is CCCN1CCC(CNC(=NC)NC2CC3CCC2O3)CC1. The van der Waals surface area contributed by atoms with Gasteiger partial charge in [0.1, 0.15) is 0 Å². The van der Waals surface area contributed by atoms with E-state index < -0.39 is 0 Å². The number of fused-ring (bicyclic) bond motifs is 2. The van der Waals surface area contributed by atoms with Crippen LogP contribution in [-0.2, 0) is 4.74 Å². The Bertz CT molecular complexity index is 379. The molecule has 3 aliphatic heterocycles. The third-order valence-corrected chi connectivity index (χ3v) is 5.46. The summed E-state index contributed by atoms with van der Waals surface area (Å²) in [7, 11) is 1.87. The fourth-order valence-corrected chi connectivity index (χ4v) is 4.13. The number of piperidine rings is 1. The van der Waals surface area contributed by atoms with Gasteiger partial charge in [-0.1, -0.05) is 6.92 Å². The summed E-state index contributed by atoms with van der Waals surface area (Å²) < 4.78 is 5.91. The van der Waals surface area contributed by atoms with Crippen molar-refractivity contribution in [3.05, 3.63) is 0 Å². The molecule has 0 spiro atoms. The molecule has 2 N–H and O–H groups in total. The minimum atomic E-state index is 0.404. The van der Waals surface area contributed by atoms with E-state index in [1.807, 2.05) is 7.05 Å². The van der Waals surface area contributed by atoms with Crippen molar-refractivity contribution in [1.82, 2.24) is 15.5 Å². The lowest BCUT2D eigenvalue weighted by molar-refractivity contribution is 0.0992. The number of likely N-dealkylation sites (tertiary alicyclic amines) is 1. The van der Waals surface area contributed by atoms with Crippen molar-refractivity contribution in [3.8, 4) is 0 Å². The molecule has 0 amide bonds. The standard InChI is InChI=1S/C17H32N4O/c1-3-8-21-9-6-13(7-10-21)12-19-17(18-2)20-15-11-14-4-5-16(15)22-14/h13-16H,3-12H2,1-2H3,(H2,18,19,20). The van der Waals surface area contributed by atoms with Crippen LogP contribution < -0.4 is 10.6 Å². The van der Waals surface area contributed by atoms with Crippen molar-refractivity contribution in [2.24, 2.45) is 10.9 Å². The largest absolute Gasteiger partial charge is 0.373 e. The summed E-state index contributed by atoms with van der Waals surface area (Å²) in [5, 5.41) is 7.11. The van der Waals surface area contributed by atoms with Gasteiger partial charge in [-0.15, -0.1) is 0 Å². The van der Waals surface area contributed by atoms with Crippen LogP contribution in [0.1, 0.15) is 45.4 Å². The van der Waals surface area contributed by atoms with Crippen LogP contribution in [0, 0.1) is 5.92 Å². The topological polar surface area (TPSA) is 48.9 Å². The van der Waals surface area contributed by atoms with E-state index in [2.05, 4.69) is 27.4 Å². The van der Waals surface area contributed by atoms with Crippen molar-refractivity contribution in [3.63, 3.8) is 0 Å². The lowest BCUT2D eigenvalue weighted by Crippen LogP contribution is -2.49. The minimum Gasteiger partial charge on any atom is -0.373 e. The lowest BCUT2D eigenvalue weighted by atomic mass is 9.95. The third-order valence-electron chi connectivity index (χ3n) is 5.46. The van der Waals surface area contributed by atoms with E-state index in [0.29, 0.717) is 18.2 Å². The zero-order valence-corrected chi connectivity index (χ0v) is 14.2. The highest BCUT2D eigenvalue weighted by molar-refractivity contribution is 5.80. The number of guanidine groups is 1. The van der Waals surface area contributed by atoms with Crippen molar-refractivity contribution in [2.45, 2.75) is 63.7 Å². The van der Waals surface area contributed by atoms with Crippen LogP contribution in [0.15, 0.2) is 4.99 Å². The van der Waals surface area contributed by atoms with E-state index in [-0.39, 0.29) is 0 Å². The fourth-order valence-electron chi connectivity index (χ4n) is 4.13. The number of rotatable bonds is 5. The molecule has 5 heteroatoms. The first-order chi connectivity index (χ1) is 10.8. The third kappa shape index (κ3) is 3.93. The Balaban J connectivity index is 1.37. The fraction of sp³-hybridized carbons (Fsp3) is 0.941. The van der Waals surface area contributed by atoms with Gasteiger partial charge in [0.2, 0.25) is 0 Å². The second kappa shape index (κ2) is 7.64. The Morgan fingerprint density at radius 1 is 1.23 bits per heavy atom. The maximum absolute atomic E-state index is 5.91. The molecule has 22 heavy (non-hydrogen) atoms. The molecule has 126 valence electrons. The smallest absolute Gasteiger partial charge is 0.191 e. The highest BCUT2D eigenvalue weighted by Crippen LogP contribution is 2.34. The average molecular weight is 308 g/mol. The van der Waals surface area contributed by atoms with Crippen LogP contribution in [0.3, 0.4) is 0 Å². The Morgan fingerprint density at radius 2 is 2.05 bits per heavy atom. The molecule has 3 saturated heterocycles. The molecule has 0 saturated carbocycles. The highest BCUT2D eigenvalue weighted by atomic mass is 16.5. The van der Waals surface area contributed by atoms with Crippen LogP contribution in [0.4, 0.5) is 0 Å². The second-order valence-electron chi connectivity index (χ2n) is 7.10. The second-order valence-corrected chi connectivity index (χ2v) is 7.10. The van der Waals surface area contributed by atoms with Crippen LogP contribution in [0.25, 0.3) is 0 Å². The molecule has 0 aromatic carbocycles. The van der Waals surface area contributed by atoms with E-state index in [0.717, 1.165) is 24.8 Å². The highest BCUT2D eigenvalue weighted by Gasteiger charge is 2.41. The Hall–Kier alpha value is -0.810. The summed E-state index contributed by atoms with van der Waals surface area (Å²) in [4.78, 5) is 6.99. The summed E-state index contributed by atoms with van der Waals surface area (Å²) in [5.41, 5.74) is 0. The molecule has 3 aliphatic rings. The van der Waals surface area contributed by atoms with Gasteiger partial charge in [-0.2, -0.15) is 0 Å². The van der Waals surface area contributed by atoms with E-state index >= 15 is 0 Å². The van der Waals surface area contributed by atoms with Gasteiger partial charge in [-0.25, -0.2) is 0 Å². The molecule has 2 bridgehead atoms. The van der Waals surface area contributed by atoms with Gasteiger partial charge in [0.15, 0.2) is 5.96 Å². The van der Waals surface area contributed by atoms with E-state index in [1.54, 1.807) is 0 Å². The number of nitrogens with one attached hydrogen (secondary N) is 2. The predicted octanol–water partition coefficient (Wildman–Crippen LogP) is 1.59. The minimum absolute atomic E-state index is 0.404. The summed E-state index contributed by atoms with van der Waals surface area (Å²) in [6.07, 6.45) is 8.36. The molecule has 3 fully saturated rings. The van der Waals surface area contributed by atoms with Crippen LogP contribution >= 0.6 is 0 Å². The van der Waals surface area contributed by atoms with Crippen molar-refractivity contribution >= 4 is 5.96 Å². The van der Waals surface area contributed by atoms with Crippen LogP contribution in [0.2, 0.25) is 0 Å². The van der Waals surface area contributed by atoms with Crippen LogP contribution in [-0.4, -0.2) is 62.3 Å². The van der Waals surface area contributed by atoms with Crippen molar-refractivity contribution in [1.29, 1.82) is 0 Å². The molecule has 3 unspecified atom stereocenters. The summed E-state index contributed by atoms with van der Waals surface area (Å²) >= 11 is 0. The maximum atomic E-state index is 5.91. The van der Waals surface area contributed by atoms with E-state index in [1.165, 1.54) is 51.7 Å². The molecule has 0 radical (unpaired) electrons. The van der Waals surface area contributed by atoms with Gasteiger partial charge in [0, 0.05) is 13.6 Å². The zero-order chi connectivity index (χ0) is 15.4. The number of hydrogen-bond donors (Lipinski definition) is 2. The first kappa shape index (κ1) is 16.1. The molecule has 3 rings (SSSR count). The zero-order valence-electron chi connectivity index (χ0n) is 14.2. The summed E-state index contributed by atoms with van der Waals surface area (Å²) in [5.74, 6) is 1.74. The first-order valence-electron chi connectivity index (χ1n) is 9.13.